The number of anilines is 1. The van der Waals surface area contributed by atoms with Gasteiger partial charge in [0.25, 0.3) is 0 Å². The molecular weight excluding hydrogens is 209 g/mol. The van der Waals surface area contributed by atoms with Crippen LogP contribution in [0.2, 0.25) is 5.02 Å². The molecule has 1 aromatic heterocycles. The summed E-state index contributed by atoms with van der Waals surface area (Å²) in [5.74, 6) is 1.02. The first-order chi connectivity index (χ1) is 6.03. The molecule has 0 spiro atoms. The van der Waals surface area contributed by atoms with Crippen molar-refractivity contribution in [1.29, 1.82) is 0 Å². The van der Waals surface area contributed by atoms with Gasteiger partial charge < -0.3 is 5.32 Å². The summed E-state index contributed by atoms with van der Waals surface area (Å²) >= 11 is 11.4. The molecule has 0 atom stereocenters. The maximum absolute atomic E-state index is 5.73. The van der Waals surface area contributed by atoms with E-state index in [-0.39, 0.29) is 5.54 Å². The highest BCUT2D eigenvalue weighted by atomic mass is 35.5. The standard InChI is InChI=1S/C8H11Cl2N3/c1-8(2,5-9)13-7-11-3-6(10)4-12-7/h3-4H,5H2,1-2H3,(H,11,12,13). The second kappa shape index (κ2) is 4.11. The van der Waals surface area contributed by atoms with E-state index in [0.29, 0.717) is 16.9 Å². The van der Waals surface area contributed by atoms with Gasteiger partial charge in [0, 0.05) is 11.4 Å². The third-order valence-electron chi connectivity index (χ3n) is 1.40. The zero-order chi connectivity index (χ0) is 9.90. The summed E-state index contributed by atoms with van der Waals surface area (Å²) in [4.78, 5) is 8.00. The Hall–Kier alpha value is -0.540. The van der Waals surface area contributed by atoms with E-state index in [1.807, 2.05) is 13.8 Å². The summed E-state index contributed by atoms with van der Waals surface area (Å²) in [5, 5.41) is 3.60. The Morgan fingerprint density at radius 3 is 2.38 bits per heavy atom. The van der Waals surface area contributed by atoms with Crippen LogP contribution in [0.15, 0.2) is 12.4 Å². The molecule has 0 aliphatic carbocycles. The molecule has 1 heterocycles. The van der Waals surface area contributed by atoms with Crippen LogP contribution < -0.4 is 5.32 Å². The molecule has 0 saturated carbocycles. The van der Waals surface area contributed by atoms with Crippen LogP contribution in [-0.4, -0.2) is 21.4 Å². The molecule has 1 N–H and O–H groups in total. The molecule has 3 nitrogen and oxygen atoms in total. The molecule has 0 aromatic carbocycles. The Bertz CT molecular complexity index is 271. The van der Waals surface area contributed by atoms with E-state index in [0.717, 1.165) is 0 Å². The van der Waals surface area contributed by atoms with Crippen LogP contribution in [0.5, 0.6) is 0 Å². The summed E-state index contributed by atoms with van der Waals surface area (Å²) in [5.41, 5.74) is -0.213. The molecule has 5 heteroatoms. The molecule has 0 unspecified atom stereocenters. The van der Waals surface area contributed by atoms with Crippen LogP contribution in [0.3, 0.4) is 0 Å². The highest BCUT2D eigenvalue weighted by molar-refractivity contribution is 6.30. The SMILES string of the molecule is CC(C)(CCl)Nc1ncc(Cl)cn1. The van der Waals surface area contributed by atoms with Gasteiger partial charge in [0.15, 0.2) is 0 Å². The lowest BCUT2D eigenvalue weighted by atomic mass is 10.1. The summed E-state index contributed by atoms with van der Waals surface area (Å²) < 4.78 is 0. The molecule has 0 aliphatic rings. The summed E-state index contributed by atoms with van der Waals surface area (Å²) in [6, 6.07) is 0. The topological polar surface area (TPSA) is 37.8 Å². The van der Waals surface area contributed by atoms with E-state index in [1.165, 1.54) is 0 Å². The average molecular weight is 220 g/mol. The van der Waals surface area contributed by atoms with Crippen molar-refractivity contribution < 1.29 is 0 Å². The molecule has 0 radical (unpaired) electrons. The second-order valence-electron chi connectivity index (χ2n) is 3.37. The van der Waals surface area contributed by atoms with Gasteiger partial charge >= 0.3 is 0 Å². The number of nitrogens with zero attached hydrogens (tertiary/aromatic N) is 2. The first-order valence-corrected chi connectivity index (χ1v) is 4.76. The minimum Gasteiger partial charge on any atom is -0.348 e. The number of rotatable bonds is 3. The normalized spacial score (nSPS) is 11.4. The van der Waals surface area contributed by atoms with Crippen LogP contribution in [0, 0.1) is 0 Å². The smallest absolute Gasteiger partial charge is 0.223 e. The zero-order valence-corrected chi connectivity index (χ0v) is 9.02. The fraction of sp³-hybridized carbons (Fsp3) is 0.500. The van der Waals surface area contributed by atoms with Crippen molar-refractivity contribution in [2.45, 2.75) is 19.4 Å². The van der Waals surface area contributed by atoms with Crippen molar-refractivity contribution in [1.82, 2.24) is 9.97 Å². The number of hydrogen-bond acceptors (Lipinski definition) is 3. The lowest BCUT2D eigenvalue weighted by Gasteiger charge is -2.22. The third-order valence-corrected chi connectivity index (χ3v) is 2.27. The molecule has 72 valence electrons. The lowest BCUT2D eigenvalue weighted by Crippen LogP contribution is -2.33. The largest absolute Gasteiger partial charge is 0.348 e. The van der Waals surface area contributed by atoms with Gasteiger partial charge in [0.2, 0.25) is 5.95 Å². The first kappa shape index (κ1) is 10.5. The minimum atomic E-state index is -0.213. The van der Waals surface area contributed by atoms with E-state index in [1.54, 1.807) is 12.4 Å². The van der Waals surface area contributed by atoms with Crippen LogP contribution >= 0.6 is 23.2 Å². The maximum Gasteiger partial charge on any atom is 0.223 e. The molecule has 1 rings (SSSR count). The Labute approximate surface area is 87.5 Å². The Kier molecular flexibility index (Phi) is 3.33. The number of aromatic nitrogens is 2. The van der Waals surface area contributed by atoms with Crippen molar-refractivity contribution in [3.8, 4) is 0 Å². The van der Waals surface area contributed by atoms with Gasteiger partial charge in [-0.25, -0.2) is 9.97 Å². The van der Waals surface area contributed by atoms with E-state index in [4.69, 9.17) is 23.2 Å². The Balaban J connectivity index is 2.69. The summed E-state index contributed by atoms with van der Waals surface area (Å²) in [6.07, 6.45) is 3.09. The maximum atomic E-state index is 5.73. The summed E-state index contributed by atoms with van der Waals surface area (Å²) in [7, 11) is 0. The van der Waals surface area contributed by atoms with Crippen molar-refractivity contribution in [3.05, 3.63) is 17.4 Å². The number of halogens is 2. The van der Waals surface area contributed by atoms with Crippen molar-refractivity contribution in [2.24, 2.45) is 0 Å². The van der Waals surface area contributed by atoms with Crippen LogP contribution in [0.4, 0.5) is 5.95 Å². The summed E-state index contributed by atoms with van der Waals surface area (Å²) in [6.45, 7) is 3.94. The predicted octanol–water partition coefficient (Wildman–Crippen LogP) is 2.56. The van der Waals surface area contributed by atoms with E-state index < -0.39 is 0 Å². The van der Waals surface area contributed by atoms with Crippen LogP contribution in [-0.2, 0) is 0 Å². The first-order valence-electron chi connectivity index (χ1n) is 3.85. The fourth-order valence-corrected chi connectivity index (χ4v) is 0.877. The molecule has 0 bridgehead atoms. The van der Waals surface area contributed by atoms with Crippen molar-refractivity contribution >= 4 is 29.2 Å². The van der Waals surface area contributed by atoms with Crippen LogP contribution in [0.25, 0.3) is 0 Å². The molecule has 0 aliphatic heterocycles. The van der Waals surface area contributed by atoms with E-state index in [2.05, 4.69) is 15.3 Å². The highest BCUT2D eigenvalue weighted by Crippen LogP contribution is 2.13. The quantitative estimate of drug-likeness (QED) is 0.795. The van der Waals surface area contributed by atoms with Gasteiger partial charge in [-0.3, -0.25) is 0 Å². The molecule has 1 aromatic rings. The number of alkyl halides is 1. The monoisotopic (exact) mass is 219 g/mol. The van der Waals surface area contributed by atoms with Gasteiger partial charge in [-0.15, -0.1) is 11.6 Å². The third kappa shape index (κ3) is 3.36. The molecular formula is C8H11Cl2N3. The van der Waals surface area contributed by atoms with Gasteiger partial charge in [0.05, 0.1) is 17.4 Å². The second-order valence-corrected chi connectivity index (χ2v) is 4.07. The Morgan fingerprint density at radius 1 is 1.38 bits per heavy atom. The van der Waals surface area contributed by atoms with E-state index >= 15 is 0 Å². The number of nitrogens with one attached hydrogen (secondary N) is 1. The highest BCUT2D eigenvalue weighted by Gasteiger charge is 2.16. The average Bonchev–Trinajstić information content (AvgIpc) is 2.09. The van der Waals surface area contributed by atoms with Gasteiger partial charge in [-0.1, -0.05) is 11.6 Å². The number of hydrogen-bond donors (Lipinski definition) is 1. The minimum absolute atomic E-state index is 0.213. The predicted molar refractivity (Wildman–Crippen MR) is 55.5 cm³/mol. The molecule has 13 heavy (non-hydrogen) atoms. The van der Waals surface area contributed by atoms with Gasteiger partial charge in [-0.05, 0) is 13.8 Å². The molecule has 0 fully saturated rings. The van der Waals surface area contributed by atoms with E-state index in [9.17, 15) is 0 Å². The Morgan fingerprint density at radius 2 is 1.92 bits per heavy atom. The zero-order valence-electron chi connectivity index (χ0n) is 7.51. The van der Waals surface area contributed by atoms with Crippen molar-refractivity contribution in [3.63, 3.8) is 0 Å². The lowest BCUT2D eigenvalue weighted by molar-refractivity contribution is 0.633. The molecule has 0 saturated heterocycles. The van der Waals surface area contributed by atoms with Crippen LogP contribution in [0.1, 0.15) is 13.8 Å². The van der Waals surface area contributed by atoms with Gasteiger partial charge in [-0.2, -0.15) is 0 Å². The van der Waals surface area contributed by atoms with Gasteiger partial charge in [0.1, 0.15) is 0 Å². The van der Waals surface area contributed by atoms with Crippen molar-refractivity contribution in [2.75, 3.05) is 11.2 Å². The fourth-order valence-electron chi connectivity index (χ4n) is 0.713. The molecule has 0 amide bonds.